The maximum absolute atomic E-state index is 11.8. The summed E-state index contributed by atoms with van der Waals surface area (Å²) in [6.07, 6.45) is 17.1. The van der Waals surface area contributed by atoms with Gasteiger partial charge in [0.05, 0.1) is 40.3 Å². The van der Waals surface area contributed by atoms with Crippen LogP contribution in [0.4, 0.5) is 0 Å². The summed E-state index contributed by atoms with van der Waals surface area (Å²) < 4.78 is 15.8. The van der Waals surface area contributed by atoms with E-state index in [1.54, 1.807) is 0 Å². The molecule has 0 saturated heterocycles. The largest absolute Gasteiger partial charge is 0.545 e. The van der Waals surface area contributed by atoms with Crippen LogP contribution in [0.5, 0.6) is 0 Å². The fourth-order valence-electron chi connectivity index (χ4n) is 2.66. The van der Waals surface area contributed by atoms with Gasteiger partial charge in [-0.3, -0.25) is 4.79 Å². The average Bonchev–Trinajstić information content (AvgIpc) is 2.76. The number of aliphatic hydroxyl groups is 1. The molecule has 0 saturated carbocycles. The zero-order valence-corrected chi connectivity index (χ0v) is 21.4. The van der Waals surface area contributed by atoms with Gasteiger partial charge >= 0.3 is 5.97 Å². The van der Waals surface area contributed by atoms with Crippen LogP contribution in [0.3, 0.4) is 0 Å². The molecule has 0 aliphatic rings. The minimum atomic E-state index is -1.58. The van der Waals surface area contributed by atoms with Crippen molar-refractivity contribution in [3.63, 3.8) is 0 Å². The highest BCUT2D eigenvalue weighted by Gasteiger charge is 2.17. The van der Waals surface area contributed by atoms with Crippen molar-refractivity contribution in [3.05, 3.63) is 36.5 Å². The summed E-state index contributed by atoms with van der Waals surface area (Å²) in [4.78, 5) is 22.9. The summed E-state index contributed by atoms with van der Waals surface area (Å²) in [7, 11) is 5.84. The standard InChI is InChI=1S/C26H45NO7/c1-5-6-7-8-9-10-11-12-13-14-15-16-17-18-24(29)33-21-23(28)22-34-26(25(30)31)32-20-19-27(2,3)4/h6-7,9-10,12-13,23,26,28H,5,8,11,14-22H2,1-4H3/b7-6-,10-9-,13-12-. The fourth-order valence-corrected chi connectivity index (χ4v) is 2.66. The second-order valence-electron chi connectivity index (χ2n) is 9.10. The van der Waals surface area contributed by atoms with Gasteiger partial charge in [0.2, 0.25) is 0 Å². The number of unbranched alkanes of at least 4 members (excludes halogenated alkanes) is 3. The van der Waals surface area contributed by atoms with E-state index < -0.39 is 24.3 Å². The van der Waals surface area contributed by atoms with Crippen LogP contribution in [0.15, 0.2) is 36.5 Å². The number of carboxylic acids is 1. The number of aliphatic hydroxyl groups excluding tert-OH is 1. The molecule has 0 bridgehead atoms. The normalized spacial score (nSPS) is 14.3. The van der Waals surface area contributed by atoms with Crippen LogP contribution < -0.4 is 5.11 Å². The molecule has 0 heterocycles. The Bertz CT molecular complexity index is 623. The molecule has 2 unspecified atom stereocenters. The van der Waals surface area contributed by atoms with E-state index >= 15 is 0 Å². The Morgan fingerprint density at radius 3 is 2.18 bits per heavy atom. The summed E-state index contributed by atoms with van der Waals surface area (Å²) in [6.45, 7) is 2.27. The predicted octanol–water partition coefficient (Wildman–Crippen LogP) is 2.52. The molecule has 0 radical (unpaired) electrons. The third-order valence-corrected chi connectivity index (χ3v) is 4.63. The first-order valence-corrected chi connectivity index (χ1v) is 12.2. The van der Waals surface area contributed by atoms with Crippen molar-refractivity contribution in [1.29, 1.82) is 0 Å². The number of likely N-dealkylation sites (N-methyl/N-ethyl adjacent to an activating group) is 1. The van der Waals surface area contributed by atoms with Crippen molar-refractivity contribution in [2.45, 2.75) is 70.7 Å². The van der Waals surface area contributed by atoms with Crippen LogP contribution in [0.25, 0.3) is 0 Å². The topological polar surface area (TPSA) is 105 Å². The van der Waals surface area contributed by atoms with Crippen molar-refractivity contribution in [3.8, 4) is 0 Å². The Hall–Kier alpha value is -2.00. The van der Waals surface area contributed by atoms with E-state index in [2.05, 4.69) is 43.4 Å². The van der Waals surface area contributed by atoms with E-state index in [4.69, 9.17) is 14.2 Å². The van der Waals surface area contributed by atoms with Crippen LogP contribution in [0.1, 0.15) is 58.3 Å². The lowest BCUT2D eigenvalue weighted by Crippen LogP contribution is -2.44. The molecule has 0 spiro atoms. The van der Waals surface area contributed by atoms with Gasteiger partial charge in [0.1, 0.15) is 19.3 Å². The lowest BCUT2D eigenvalue weighted by atomic mass is 10.1. The molecule has 0 fully saturated rings. The van der Waals surface area contributed by atoms with E-state index in [0.29, 0.717) is 11.0 Å². The van der Waals surface area contributed by atoms with Gasteiger partial charge in [-0.15, -0.1) is 0 Å². The van der Waals surface area contributed by atoms with Gasteiger partial charge in [-0.05, 0) is 38.5 Å². The molecule has 0 aromatic heterocycles. The minimum Gasteiger partial charge on any atom is -0.545 e. The van der Waals surface area contributed by atoms with Crippen molar-refractivity contribution in [2.75, 3.05) is 47.5 Å². The van der Waals surface area contributed by atoms with Crippen LogP contribution in [0, 0.1) is 0 Å². The summed E-state index contributed by atoms with van der Waals surface area (Å²) in [5.74, 6) is -1.91. The number of aliphatic carboxylic acids is 1. The molecule has 0 aliphatic carbocycles. The molecule has 196 valence electrons. The third-order valence-electron chi connectivity index (χ3n) is 4.63. The third kappa shape index (κ3) is 21.8. The Balaban J connectivity index is 3.81. The summed E-state index contributed by atoms with van der Waals surface area (Å²) >= 11 is 0. The molecule has 0 amide bonds. The molecular weight excluding hydrogens is 438 g/mol. The summed E-state index contributed by atoms with van der Waals surface area (Å²) in [5, 5.41) is 21.0. The number of esters is 1. The number of carbonyl (C=O) groups excluding carboxylic acids is 2. The fraction of sp³-hybridized carbons (Fsp3) is 0.692. The van der Waals surface area contributed by atoms with Crippen molar-refractivity contribution >= 4 is 11.9 Å². The van der Waals surface area contributed by atoms with Crippen molar-refractivity contribution < 1.29 is 38.5 Å². The van der Waals surface area contributed by atoms with Gasteiger partial charge in [-0.25, -0.2) is 0 Å². The summed E-state index contributed by atoms with van der Waals surface area (Å²) in [6, 6.07) is 0. The number of hydrogen-bond acceptors (Lipinski definition) is 7. The number of rotatable bonds is 21. The van der Waals surface area contributed by atoms with Crippen molar-refractivity contribution in [1.82, 2.24) is 0 Å². The molecule has 1 N–H and O–H groups in total. The molecule has 0 aromatic rings. The Kier molecular flexibility index (Phi) is 19.2. The highest BCUT2D eigenvalue weighted by atomic mass is 16.7. The molecular formula is C26H45NO7. The second-order valence-corrected chi connectivity index (χ2v) is 9.10. The number of nitrogens with zero attached hydrogens (tertiary/aromatic N) is 1. The predicted molar refractivity (Wildman–Crippen MR) is 131 cm³/mol. The zero-order valence-electron chi connectivity index (χ0n) is 21.4. The molecule has 8 heteroatoms. The van der Waals surface area contributed by atoms with Crippen molar-refractivity contribution in [2.24, 2.45) is 0 Å². The number of quaternary nitrogens is 1. The molecule has 0 rings (SSSR count). The van der Waals surface area contributed by atoms with E-state index in [-0.39, 0.29) is 26.2 Å². The lowest BCUT2D eigenvalue weighted by molar-refractivity contribution is -0.870. The zero-order chi connectivity index (χ0) is 25.7. The molecule has 8 nitrogen and oxygen atoms in total. The average molecular weight is 484 g/mol. The van der Waals surface area contributed by atoms with E-state index in [1.165, 1.54) is 0 Å². The first-order valence-electron chi connectivity index (χ1n) is 12.2. The maximum atomic E-state index is 11.8. The number of hydrogen-bond donors (Lipinski definition) is 1. The minimum absolute atomic E-state index is 0.164. The molecule has 0 aliphatic heterocycles. The van der Waals surface area contributed by atoms with Crippen LogP contribution in [-0.4, -0.2) is 81.4 Å². The number of carbonyl (C=O) groups is 2. The van der Waals surface area contributed by atoms with Gasteiger partial charge in [0, 0.05) is 6.42 Å². The highest BCUT2D eigenvalue weighted by molar-refractivity contribution is 5.69. The molecule has 0 aromatic carbocycles. The molecule has 34 heavy (non-hydrogen) atoms. The van der Waals surface area contributed by atoms with E-state index in [0.717, 1.165) is 44.9 Å². The van der Waals surface area contributed by atoms with E-state index in [1.807, 2.05) is 21.1 Å². The second kappa shape index (κ2) is 20.4. The summed E-state index contributed by atoms with van der Waals surface area (Å²) in [5.41, 5.74) is 0. The first-order chi connectivity index (χ1) is 16.2. The first kappa shape index (κ1) is 32.0. The van der Waals surface area contributed by atoms with Gasteiger partial charge < -0.3 is 33.7 Å². The Morgan fingerprint density at radius 2 is 1.56 bits per heavy atom. The van der Waals surface area contributed by atoms with E-state index in [9.17, 15) is 19.8 Å². The van der Waals surface area contributed by atoms with Gasteiger partial charge in [-0.1, -0.05) is 49.8 Å². The SMILES string of the molecule is CC/C=C\C/C=C\C/C=C\CCCCCC(=O)OCC(O)COC(OCC[N+](C)(C)C)C(=O)[O-]. The molecule has 2 atom stereocenters. The number of ether oxygens (including phenoxy) is 3. The number of carboxylic acid groups (broad SMARTS) is 1. The van der Waals surface area contributed by atoms with Crippen LogP contribution in [-0.2, 0) is 23.8 Å². The lowest BCUT2D eigenvalue weighted by Gasteiger charge is -2.26. The van der Waals surface area contributed by atoms with Gasteiger partial charge in [0.25, 0.3) is 0 Å². The highest BCUT2D eigenvalue weighted by Crippen LogP contribution is 2.06. The monoisotopic (exact) mass is 483 g/mol. The van der Waals surface area contributed by atoms with Crippen LogP contribution >= 0.6 is 0 Å². The Labute approximate surface area is 205 Å². The van der Waals surface area contributed by atoms with Crippen LogP contribution in [0.2, 0.25) is 0 Å². The number of allylic oxidation sites excluding steroid dienone is 6. The van der Waals surface area contributed by atoms with Gasteiger partial charge in [0.15, 0.2) is 6.29 Å². The Morgan fingerprint density at radius 1 is 0.912 bits per heavy atom. The van der Waals surface area contributed by atoms with Gasteiger partial charge in [-0.2, -0.15) is 0 Å². The smallest absolute Gasteiger partial charge is 0.305 e. The maximum Gasteiger partial charge on any atom is 0.305 e. The quantitative estimate of drug-likeness (QED) is 0.0879.